The van der Waals surface area contributed by atoms with Gasteiger partial charge in [0.1, 0.15) is 0 Å². The first-order chi connectivity index (χ1) is 7.81. The van der Waals surface area contributed by atoms with Gasteiger partial charge in [-0.05, 0) is 31.6 Å². The molecule has 94 valence electrons. The van der Waals surface area contributed by atoms with E-state index in [0.29, 0.717) is 18.6 Å². The minimum Gasteiger partial charge on any atom is -0.396 e. The molecule has 0 radical (unpaired) electrons. The van der Waals surface area contributed by atoms with Crippen LogP contribution in [0.3, 0.4) is 0 Å². The molecular weight excluding hydrogens is 202 g/mol. The Bertz CT molecular complexity index is 210. The second kappa shape index (κ2) is 5.99. The SMILES string of the molecule is OCC1CCCCC1N[C@@H]1CCCC[C@H]1O. The van der Waals surface area contributed by atoms with E-state index in [1.54, 1.807) is 0 Å². The highest BCUT2D eigenvalue weighted by molar-refractivity contribution is 4.88. The van der Waals surface area contributed by atoms with Crippen molar-refractivity contribution in [1.29, 1.82) is 0 Å². The zero-order chi connectivity index (χ0) is 11.4. The van der Waals surface area contributed by atoms with Crippen LogP contribution in [0.1, 0.15) is 51.4 Å². The summed E-state index contributed by atoms with van der Waals surface area (Å²) in [7, 11) is 0. The van der Waals surface area contributed by atoms with E-state index in [4.69, 9.17) is 0 Å². The van der Waals surface area contributed by atoms with Crippen LogP contribution >= 0.6 is 0 Å². The molecule has 4 atom stereocenters. The molecule has 0 amide bonds. The van der Waals surface area contributed by atoms with E-state index in [9.17, 15) is 10.2 Å². The number of hydrogen-bond acceptors (Lipinski definition) is 3. The molecule has 16 heavy (non-hydrogen) atoms. The summed E-state index contributed by atoms with van der Waals surface area (Å²) >= 11 is 0. The van der Waals surface area contributed by atoms with Gasteiger partial charge in [-0.1, -0.05) is 25.7 Å². The van der Waals surface area contributed by atoms with Gasteiger partial charge >= 0.3 is 0 Å². The van der Waals surface area contributed by atoms with Crippen molar-refractivity contribution in [2.75, 3.05) is 6.61 Å². The van der Waals surface area contributed by atoms with Crippen LogP contribution in [0, 0.1) is 5.92 Å². The van der Waals surface area contributed by atoms with Crippen LogP contribution in [0.15, 0.2) is 0 Å². The number of aliphatic hydroxyl groups excluding tert-OH is 2. The zero-order valence-electron chi connectivity index (χ0n) is 10.1. The third-order valence-electron chi connectivity index (χ3n) is 4.30. The van der Waals surface area contributed by atoms with Crippen molar-refractivity contribution in [3.05, 3.63) is 0 Å². The molecule has 2 fully saturated rings. The molecule has 0 aromatic rings. The fraction of sp³-hybridized carbons (Fsp3) is 1.00. The van der Waals surface area contributed by atoms with Gasteiger partial charge in [0.15, 0.2) is 0 Å². The lowest BCUT2D eigenvalue weighted by Crippen LogP contribution is -2.51. The first kappa shape index (κ1) is 12.3. The van der Waals surface area contributed by atoms with E-state index >= 15 is 0 Å². The Morgan fingerprint density at radius 1 is 0.875 bits per heavy atom. The van der Waals surface area contributed by atoms with E-state index in [-0.39, 0.29) is 12.1 Å². The first-order valence-corrected chi connectivity index (χ1v) is 6.86. The summed E-state index contributed by atoms with van der Waals surface area (Å²) in [6.45, 7) is 0.292. The molecular formula is C13H25NO2. The molecule has 0 aromatic carbocycles. The summed E-state index contributed by atoms with van der Waals surface area (Å²) in [6, 6.07) is 0.697. The van der Waals surface area contributed by atoms with Crippen LogP contribution in [0.25, 0.3) is 0 Å². The Balaban J connectivity index is 1.86. The van der Waals surface area contributed by atoms with Crippen LogP contribution in [-0.4, -0.2) is 35.0 Å². The largest absolute Gasteiger partial charge is 0.396 e. The average molecular weight is 227 g/mol. The molecule has 3 N–H and O–H groups in total. The average Bonchev–Trinajstić information content (AvgIpc) is 2.33. The lowest BCUT2D eigenvalue weighted by Gasteiger charge is -2.37. The van der Waals surface area contributed by atoms with Gasteiger partial charge in [-0.15, -0.1) is 0 Å². The molecule has 0 spiro atoms. The third kappa shape index (κ3) is 2.96. The molecule has 0 saturated heterocycles. The Hall–Kier alpha value is -0.120. The summed E-state index contributed by atoms with van der Waals surface area (Å²) in [5.74, 6) is 0.405. The topological polar surface area (TPSA) is 52.5 Å². The summed E-state index contributed by atoms with van der Waals surface area (Å²) in [4.78, 5) is 0. The Morgan fingerprint density at radius 2 is 1.50 bits per heavy atom. The molecule has 2 aliphatic rings. The highest BCUT2D eigenvalue weighted by Crippen LogP contribution is 2.26. The van der Waals surface area contributed by atoms with E-state index in [1.807, 2.05) is 0 Å². The maximum absolute atomic E-state index is 9.93. The zero-order valence-corrected chi connectivity index (χ0v) is 10.1. The van der Waals surface area contributed by atoms with Crippen molar-refractivity contribution in [2.45, 2.75) is 69.6 Å². The van der Waals surface area contributed by atoms with Crippen LogP contribution in [0.5, 0.6) is 0 Å². The van der Waals surface area contributed by atoms with Crippen molar-refractivity contribution in [3.63, 3.8) is 0 Å². The van der Waals surface area contributed by atoms with E-state index in [1.165, 1.54) is 19.3 Å². The number of rotatable bonds is 3. The maximum Gasteiger partial charge on any atom is 0.0693 e. The van der Waals surface area contributed by atoms with Crippen LogP contribution in [0.4, 0.5) is 0 Å². The molecule has 3 nitrogen and oxygen atoms in total. The Kier molecular flexibility index (Phi) is 4.62. The summed E-state index contributed by atoms with van der Waals surface area (Å²) in [6.07, 6.45) is 9.05. The highest BCUT2D eigenvalue weighted by atomic mass is 16.3. The van der Waals surface area contributed by atoms with Gasteiger partial charge in [0, 0.05) is 18.7 Å². The van der Waals surface area contributed by atoms with Crippen molar-refractivity contribution in [3.8, 4) is 0 Å². The van der Waals surface area contributed by atoms with Gasteiger partial charge in [0.25, 0.3) is 0 Å². The van der Waals surface area contributed by atoms with Crippen LogP contribution < -0.4 is 5.32 Å². The van der Waals surface area contributed by atoms with Crippen molar-refractivity contribution in [1.82, 2.24) is 5.32 Å². The van der Waals surface area contributed by atoms with Crippen molar-refractivity contribution < 1.29 is 10.2 Å². The fourth-order valence-electron chi connectivity index (χ4n) is 3.23. The number of nitrogens with one attached hydrogen (secondary N) is 1. The summed E-state index contributed by atoms with van der Waals surface area (Å²) < 4.78 is 0. The Morgan fingerprint density at radius 3 is 2.19 bits per heavy atom. The van der Waals surface area contributed by atoms with Gasteiger partial charge in [0.05, 0.1) is 6.10 Å². The lowest BCUT2D eigenvalue weighted by molar-refractivity contribution is 0.0658. The first-order valence-electron chi connectivity index (χ1n) is 6.86. The van der Waals surface area contributed by atoms with Gasteiger partial charge in [-0.2, -0.15) is 0 Å². The second-order valence-corrected chi connectivity index (χ2v) is 5.46. The van der Waals surface area contributed by atoms with Crippen molar-refractivity contribution in [2.24, 2.45) is 5.92 Å². The van der Waals surface area contributed by atoms with Gasteiger partial charge in [0.2, 0.25) is 0 Å². The van der Waals surface area contributed by atoms with Gasteiger partial charge in [-0.25, -0.2) is 0 Å². The minimum absolute atomic E-state index is 0.171. The fourth-order valence-corrected chi connectivity index (χ4v) is 3.23. The van der Waals surface area contributed by atoms with Crippen LogP contribution in [0.2, 0.25) is 0 Å². The molecule has 0 bridgehead atoms. The summed E-state index contributed by atoms with van der Waals surface area (Å²) in [5.41, 5.74) is 0. The summed E-state index contributed by atoms with van der Waals surface area (Å²) in [5, 5.41) is 22.9. The van der Waals surface area contributed by atoms with Gasteiger partial charge in [-0.3, -0.25) is 0 Å². The highest BCUT2D eigenvalue weighted by Gasteiger charge is 2.30. The van der Waals surface area contributed by atoms with Crippen molar-refractivity contribution >= 4 is 0 Å². The normalized spacial score (nSPS) is 40.9. The molecule has 0 heterocycles. The van der Waals surface area contributed by atoms with Crippen LogP contribution in [-0.2, 0) is 0 Å². The third-order valence-corrected chi connectivity index (χ3v) is 4.30. The molecule has 3 heteroatoms. The quantitative estimate of drug-likeness (QED) is 0.683. The second-order valence-electron chi connectivity index (χ2n) is 5.46. The van der Waals surface area contributed by atoms with E-state index in [2.05, 4.69) is 5.32 Å². The smallest absolute Gasteiger partial charge is 0.0693 e. The lowest BCUT2D eigenvalue weighted by atomic mass is 9.83. The predicted molar refractivity (Wildman–Crippen MR) is 64.2 cm³/mol. The molecule has 2 unspecified atom stereocenters. The predicted octanol–water partition coefficient (Wildman–Crippen LogP) is 1.43. The number of hydrogen-bond donors (Lipinski definition) is 3. The van der Waals surface area contributed by atoms with Gasteiger partial charge < -0.3 is 15.5 Å². The standard InChI is InChI=1S/C13H25NO2/c15-9-10-5-1-2-6-11(10)14-12-7-3-4-8-13(12)16/h10-16H,1-9H2/t10?,11?,12-,13-/m1/s1. The van der Waals surface area contributed by atoms with E-state index in [0.717, 1.165) is 32.1 Å². The molecule has 2 rings (SSSR count). The molecule has 0 aromatic heterocycles. The number of aliphatic hydroxyl groups is 2. The molecule has 0 aliphatic heterocycles. The minimum atomic E-state index is -0.171. The Labute approximate surface area is 98.2 Å². The molecule has 2 aliphatic carbocycles. The molecule has 2 saturated carbocycles. The van der Waals surface area contributed by atoms with E-state index < -0.39 is 0 Å². The monoisotopic (exact) mass is 227 g/mol. The maximum atomic E-state index is 9.93.